The molecule has 0 atom stereocenters. The Balaban J connectivity index is 0.00000200. The number of carbonyl (C=O) groups is 1. The van der Waals surface area contributed by atoms with Crippen molar-refractivity contribution in [3.8, 4) is 0 Å². The number of halogens is 3. The molecule has 112 valence electrons. The lowest BCUT2D eigenvalue weighted by atomic mass is 10.1. The summed E-state index contributed by atoms with van der Waals surface area (Å²) in [4.78, 5) is 14.0. The van der Waals surface area contributed by atoms with E-state index in [4.69, 9.17) is 27.9 Å². The molecule has 6 heteroatoms. The van der Waals surface area contributed by atoms with E-state index in [9.17, 15) is 4.79 Å². The molecule has 0 bridgehead atoms. The zero-order chi connectivity index (χ0) is 13.7. The van der Waals surface area contributed by atoms with E-state index in [2.05, 4.69) is 4.90 Å². The highest BCUT2D eigenvalue weighted by Crippen LogP contribution is 2.22. The third kappa shape index (κ3) is 5.49. The van der Waals surface area contributed by atoms with Crippen molar-refractivity contribution in [3.05, 3.63) is 33.8 Å². The highest BCUT2D eigenvalue weighted by Gasteiger charge is 2.12. The van der Waals surface area contributed by atoms with Gasteiger partial charge in [-0.15, -0.1) is 12.4 Å². The largest absolute Gasteiger partial charge is 0.464 e. The van der Waals surface area contributed by atoms with E-state index in [-0.39, 0.29) is 24.8 Å². The standard InChI is InChI=1S/C14H17Cl2NO2.ClH/c15-12-4-3-11(9-13(12)16)10-14(18)19-8-7-17-5-1-2-6-17;/h3-4,9H,1-2,5-8,10H2;1H. The van der Waals surface area contributed by atoms with Crippen LogP contribution in [0.2, 0.25) is 10.0 Å². The normalized spacial score (nSPS) is 14.9. The second-order valence-corrected chi connectivity index (χ2v) is 5.51. The molecular formula is C14H18Cl3NO2. The van der Waals surface area contributed by atoms with Gasteiger partial charge in [0.1, 0.15) is 6.61 Å². The van der Waals surface area contributed by atoms with E-state index >= 15 is 0 Å². The van der Waals surface area contributed by atoms with Crippen LogP contribution in [0.3, 0.4) is 0 Å². The minimum Gasteiger partial charge on any atom is -0.464 e. The second-order valence-electron chi connectivity index (χ2n) is 4.69. The predicted octanol–water partition coefficient (Wildman–Crippen LogP) is 3.60. The van der Waals surface area contributed by atoms with Crippen molar-refractivity contribution in [2.24, 2.45) is 0 Å². The van der Waals surface area contributed by atoms with Crippen LogP contribution in [0.1, 0.15) is 18.4 Å². The van der Waals surface area contributed by atoms with Crippen LogP contribution in [-0.4, -0.2) is 37.1 Å². The van der Waals surface area contributed by atoms with Gasteiger partial charge in [0.25, 0.3) is 0 Å². The van der Waals surface area contributed by atoms with Gasteiger partial charge in [0.05, 0.1) is 16.5 Å². The predicted molar refractivity (Wildman–Crippen MR) is 84.0 cm³/mol. The van der Waals surface area contributed by atoms with E-state index < -0.39 is 0 Å². The summed E-state index contributed by atoms with van der Waals surface area (Å²) >= 11 is 11.7. The number of benzene rings is 1. The summed E-state index contributed by atoms with van der Waals surface area (Å²) in [5, 5.41) is 0.955. The smallest absolute Gasteiger partial charge is 0.310 e. The summed E-state index contributed by atoms with van der Waals surface area (Å²) in [6.07, 6.45) is 2.73. The summed E-state index contributed by atoms with van der Waals surface area (Å²) in [6, 6.07) is 5.18. The summed E-state index contributed by atoms with van der Waals surface area (Å²) in [5.74, 6) is -0.224. The fourth-order valence-corrected chi connectivity index (χ4v) is 2.48. The van der Waals surface area contributed by atoms with Gasteiger partial charge in [-0.25, -0.2) is 0 Å². The van der Waals surface area contributed by atoms with Gasteiger partial charge >= 0.3 is 5.97 Å². The molecule has 0 aromatic heterocycles. The minimum absolute atomic E-state index is 0. The van der Waals surface area contributed by atoms with Crippen LogP contribution in [0.25, 0.3) is 0 Å². The zero-order valence-electron chi connectivity index (χ0n) is 11.1. The summed E-state index contributed by atoms with van der Waals surface area (Å²) in [7, 11) is 0. The number of likely N-dealkylation sites (tertiary alicyclic amines) is 1. The summed E-state index contributed by atoms with van der Waals surface area (Å²) < 4.78 is 5.22. The van der Waals surface area contributed by atoms with Crippen molar-refractivity contribution < 1.29 is 9.53 Å². The van der Waals surface area contributed by atoms with Gasteiger partial charge in [-0.2, -0.15) is 0 Å². The molecule has 1 saturated heterocycles. The lowest BCUT2D eigenvalue weighted by Crippen LogP contribution is -2.25. The number of ether oxygens (including phenoxy) is 1. The molecule has 3 nitrogen and oxygen atoms in total. The molecule has 0 spiro atoms. The number of esters is 1. The van der Waals surface area contributed by atoms with Crippen LogP contribution in [0.5, 0.6) is 0 Å². The van der Waals surface area contributed by atoms with Gasteiger partial charge < -0.3 is 4.74 Å². The molecule has 1 heterocycles. The number of carbonyl (C=O) groups excluding carboxylic acids is 1. The highest BCUT2D eigenvalue weighted by molar-refractivity contribution is 6.42. The molecular weight excluding hydrogens is 321 g/mol. The van der Waals surface area contributed by atoms with E-state index in [1.54, 1.807) is 18.2 Å². The zero-order valence-corrected chi connectivity index (χ0v) is 13.4. The molecule has 1 fully saturated rings. The molecule has 0 amide bonds. The Morgan fingerprint density at radius 3 is 2.55 bits per heavy atom. The molecule has 2 rings (SSSR count). The molecule has 1 aromatic carbocycles. The highest BCUT2D eigenvalue weighted by atomic mass is 35.5. The second kappa shape index (κ2) is 8.73. The van der Waals surface area contributed by atoms with Crippen molar-refractivity contribution in [3.63, 3.8) is 0 Å². The van der Waals surface area contributed by atoms with Gasteiger partial charge in [0, 0.05) is 6.54 Å². The molecule has 1 aromatic rings. The monoisotopic (exact) mass is 337 g/mol. The topological polar surface area (TPSA) is 29.5 Å². The fourth-order valence-electron chi connectivity index (χ4n) is 2.16. The molecule has 0 saturated carbocycles. The van der Waals surface area contributed by atoms with E-state index in [1.165, 1.54) is 12.8 Å². The number of nitrogens with zero attached hydrogens (tertiary/aromatic N) is 1. The van der Waals surface area contributed by atoms with Crippen molar-refractivity contribution in [2.75, 3.05) is 26.2 Å². The SMILES string of the molecule is Cl.O=C(Cc1ccc(Cl)c(Cl)c1)OCCN1CCCC1. The first kappa shape index (κ1) is 17.6. The Hall–Kier alpha value is -0.480. The van der Waals surface area contributed by atoms with E-state index in [0.29, 0.717) is 16.7 Å². The van der Waals surface area contributed by atoms with Gasteiger partial charge in [-0.3, -0.25) is 9.69 Å². The quantitative estimate of drug-likeness (QED) is 0.768. The maximum Gasteiger partial charge on any atom is 0.310 e. The Morgan fingerprint density at radius 2 is 1.90 bits per heavy atom. The summed E-state index contributed by atoms with van der Waals surface area (Å²) in [5.41, 5.74) is 0.820. The van der Waals surface area contributed by atoms with Crippen LogP contribution < -0.4 is 0 Å². The van der Waals surface area contributed by atoms with Crippen molar-refractivity contribution in [1.82, 2.24) is 4.90 Å². The first-order chi connectivity index (χ1) is 9.15. The Morgan fingerprint density at radius 1 is 1.20 bits per heavy atom. The van der Waals surface area contributed by atoms with Crippen molar-refractivity contribution in [2.45, 2.75) is 19.3 Å². The molecule has 0 aliphatic carbocycles. The lowest BCUT2D eigenvalue weighted by molar-refractivity contribution is -0.143. The van der Waals surface area contributed by atoms with Crippen LogP contribution in [0.15, 0.2) is 18.2 Å². The van der Waals surface area contributed by atoms with Crippen LogP contribution in [0.4, 0.5) is 0 Å². The van der Waals surface area contributed by atoms with E-state index in [0.717, 1.165) is 25.2 Å². The number of hydrogen-bond acceptors (Lipinski definition) is 3. The minimum atomic E-state index is -0.224. The average molecular weight is 339 g/mol. The van der Waals surface area contributed by atoms with Gasteiger partial charge in [0.15, 0.2) is 0 Å². The van der Waals surface area contributed by atoms with Crippen LogP contribution in [0, 0.1) is 0 Å². The molecule has 1 aliphatic heterocycles. The van der Waals surface area contributed by atoms with Crippen molar-refractivity contribution in [1.29, 1.82) is 0 Å². The maximum absolute atomic E-state index is 11.7. The lowest BCUT2D eigenvalue weighted by Gasteiger charge is -2.14. The number of hydrogen-bond donors (Lipinski definition) is 0. The van der Waals surface area contributed by atoms with E-state index in [1.807, 2.05) is 0 Å². The van der Waals surface area contributed by atoms with Crippen LogP contribution in [-0.2, 0) is 16.0 Å². The Labute approximate surface area is 135 Å². The number of rotatable bonds is 5. The third-order valence-corrected chi connectivity index (χ3v) is 3.94. The van der Waals surface area contributed by atoms with Crippen molar-refractivity contribution >= 4 is 41.6 Å². The van der Waals surface area contributed by atoms with Gasteiger partial charge in [-0.05, 0) is 43.6 Å². The molecule has 0 radical (unpaired) electrons. The van der Waals surface area contributed by atoms with Gasteiger partial charge in [-0.1, -0.05) is 29.3 Å². The Kier molecular flexibility index (Phi) is 7.67. The molecule has 1 aliphatic rings. The van der Waals surface area contributed by atoms with Crippen LogP contribution >= 0.6 is 35.6 Å². The molecule has 0 N–H and O–H groups in total. The van der Waals surface area contributed by atoms with Gasteiger partial charge in [0.2, 0.25) is 0 Å². The first-order valence-electron chi connectivity index (χ1n) is 6.47. The maximum atomic E-state index is 11.7. The third-order valence-electron chi connectivity index (χ3n) is 3.20. The average Bonchev–Trinajstić information content (AvgIpc) is 2.87. The summed E-state index contributed by atoms with van der Waals surface area (Å²) in [6.45, 7) is 3.52. The first-order valence-corrected chi connectivity index (χ1v) is 7.22. The molecule has 0 unspecified atom stereocenters. The fraction of sp³-hybridized carbons (Fsp3) is 0.500. The molecule has 20 heavy (non-hydrogen) atoms. The Bertz CT molecular complexity index is 448.